The lowest BCUT2D eigenvalue weighted by atomic mass is 10.1. The summed E-state index contributed by atoms with van der Waals surface area (Å²) in [5.74, 6) is 0.461. The molecule has 1 aliphatic heterocycles. The molecule has 4 N–H and O–H groups in total. The molecular weight excluding hydrogens is 256 g/mol. The molecule has 0 aromatic carbocycles. The zero-order valence-electron chi connectivity index (χ0n) is 13.0. The summed E-state index contributed by atoms with van der Waals surface area (Å²) in [6.07, 6.45) is 1.97. The molecule has 1 aliphatic rings. The molecule has 6 heteroatoms. The molecule has 0 radical (unpaired) electrons. The highest BCUT2D eigenvalue weighted by atomic mass is 16.5. The van der Waals surface area contributed by atoms with Gasteiger partial charge in [0.25, 0.3) is 0 Å². The molecule has 0 spiro atoms. The maximum absolute atomic E-state index is 11.4. The van der Waals surface area contributed by atoms with Crippen LogP contribution in [-0.4, -0.2) is 62.9 Å². The van der Waals surface area contributed by atoms with E-state index in [1.807, 2.05) is 0 Å². The van der Waals surface area contributed by atoms with Gasteiger partial charge in [-0.1, -0.05) is 13.8 Å². The Morgan fingerprint density at radius 2 is 2.30 bits per heavy atom. The third kappa shape index (κ3) is 5.64. The average Bonchev–Trinajstić information content (AvgIpc) is 2.80. The second-order valence-corrected chi connectivity index (χ2v) is 5.68. The smallest absolute Gasteiger partial charge is 0.314 e. The second kappa shape index (κ2) is 9.15. The number of rotatable bonds is 8. The van der Waals surface area contributed by atoms with E-state index in [9.17, 15) is 4.79 Å². The Balaban J connectivity index is 2.50. The molecule has 20 heavy (non-hydrogen) atoms. The highest BCUT2D eigenvalue weighted by Gasteiger charge is 2.33. The second-order valence-electron chi connectivity index (χ2n) is 5.68. The molecule has 0 unspecified atom stereocenters. The molecule has 0 aromatic heterocycles. The van der Waals surface area contributed by atoms with Gasteiger partial charge in [-0.3, -0.25) is 4.90 Å². The Labute approximate surface area is 122 Å². The number of urea groups is 1. The molecule has 1 saturated heterocycles. The van der Waals surface area contributed by atoms with Crippen molar-refractivity contribution < 1.29 is 9.53 Å². The van der Waals surface area contributed by atoms with E-state index < -0.39 is 0 Å². The van der Waals surface area contributed by atoms with Crippen LogP contribution in [0.2, 0.25) is 0 Å². The Kier molecular flexibility index (Phi) is 7.87. The van der Waals surface area contributed by atoms with Gasteiger partial charge in [0.2, 0.25) is 0 Å². The largest absolute Gasteiger partial charge is 0.380 e. The summed E-state index contributed by atoms with van der Waals surface area (Å²) in [7, 11) is 1.64. The number of nitrogens with zero attached hydrogens (tertiary/aromatic N) is 1. The number of likely N-dealkylation sites (tertiary alicyclic amines) is 1. The fourth-order valence-electron chi connectivity index (χ4n) is 2.58. The van der Waals surface area contributed by atoms with E-state index in [0.717, 1.165) is 39.1 Å². The van der Waals surface area contributed by atoms with Gasteiger partial charge in [0.15, 0.2) is 0 Å². The van der Waals surface area contributed by atoms with Crippen molar-refractivity contribution in [1.29, 1.82) is 0 Å². The van der Waals surface area contributed by atoms with Gasteiger partial charge in [0, 0.05) is 38.8 Å². The molecule has 0 saturated carbocycles. The minimum Gasteiger partial charge on any atom is -0.380 e. The summed E-state index contributed by atoms with van der Waals surface area (Å²) < 4.78 is 5.69. The average molecular weight is 286 g/mol. The van der Waals surface area contributed by atoms with Crippen molar-refractivity contribution in [1.82, 2.24) is 15.5 Å². The molecular formula is C14H30N4O2. The lowest BCUT2D eigenvalue weighted by molar-refractivity contribution is 0.0727. The number of hydrogen-bond donors (Lipinski definition) is 3. The molecule has 1 fully saturated rings. The first-order chi connectivity index (χ1) is 9.60. The monoisotopic (exact) mass is 286 g/mol. The number of amides is 2. The van der Waals surface area contributed by atoms with Crippen LogP contribution in [0.1, 0.15) is 26.7 Å². The first-order valence-electron chi connectivity index (χ1n) is 7.60. The third-order valence-corrected chi connectivity index (χ3v) is 3.70. The topological polar surface area (TPSA) is 79.6 Å². The maximum Gasteiger partial charge on any atom is 0.314 e. The van der Waals surface area contributed by atoms with Gasteiger partial charge in [0.1, 0.15) is 0 Å². The van der Waals surface area contributed by atoms with Gasteiger partial charge in [-0.2, -0.15) is 0 Å². The van der Waals surface area contributed by atoms with Crippen molar-refractivity contribution in [3.05, 3.63) is 0 Å². The predicted octanol–water partition coefficient (Wildman–Crippen LogP) is 0.380. The highest BCUT2D eigenvalue weighted by Crippen LogP contribution is 2.19. The highest BCUT2D eigenvalue weighted by molar-refractivity contribution is 5.73. The van der Waals surface area contributed by atoms with Crippen LogP contribution in [0.3, 0.4) is 0 Å². The van der Waals surface area contributed by atoms with E-state index in [1.54, 1.807) is 7.05 Å². The minimum absolute atomic E-state index is 0.114. The number of hydrogen-bond acceptors (Lipinski definition) is 4. The Morgan fingerprint density at radius 1 is 1.55 bits per heavy atom. The molecule has 1 rings (SSSR count). The molecule has 1 heterocycles. The van der Waals surface area contributed by atoms with Gasteiger partial charge >= 0.3 is 6.03 Å². The van der Waals surface area contributed by atoms with Crippen LogP contribution in [-0.2, 0) is 4.74 Å². The van der Waals surface area contributed by atoms with E-state index in [4.69, 9.17) is 10.5 Å². The van der Waals surface area contributed by atoms with Crippen LogP contribution in [0.5, 0.6) is 0 Å². The third-order valence-electron chi connectivity index (χ3n) is 3.70. The van der Waals surface area contributed by atoms with E-state index >= 15 is 0 Å². The van der Waals surface area contributed by atoms with Crippen LogP contribution in [0.4, 0.5) is 4.79 Å². The summed E-state index contributed by atoms with van der Waals surface area (Å²) in [4.78, 5) is 13.8. The van der Waals surface area contributed by atoms with E-state index in [-0.39, 0.29) is 12.1 Å². The van der Waals surface area contributed by atoms with Gasteiger partial charge in [-0.15, -0.1) is 0 Å². The summed E-state index contributed by atoms with van der Waals surface area (Å²) in [5, 5.41) is 5.60. The number of nitrogens with one attached hydrogen (secondary N) is 2. The lowest BCUT2D eigenvalue weighted by Gasteiger charge is -2.26. The molecule has 3 atom stereocenters. The maximum atomic E-state index is 11.4. The van der Waals surface area contributed by atoms with Crippen molar-refractivity contribution in [3.8, 4) is 0 Å². The van der Waals surface area contributed by atoms with Crippen molar-refractivity contribution in [3.63, 3.8) is 0 Å². The Hall–Kier alpha value is -0.850. The van der Waals surface area contributed by atoms with Gasteiger partial charge < -0.3 is 21.1 Å². The number of ether oxygens (including phenoxy) is 1. The molecule has 0 aromatic rings. The summed E-state index contributed by atoms with van der Waals surface area (Å²) in [6.45, 7) is 8.32. The van der Waals surface area contributed by atoms with Crippen LogP contribution >= 0.6 is 0 Å². The summed E-state index contributed by atoms with van der Waals surface area (Å²) in [6, 6.07) is 0.449. The first-order valence-corrected chi connectivity index (χ1v) is 7.60. The van der Waals surface area contributed by atoms with Crippen LogP contribution in [0.15, 0.2) is 0 Å². The zero-order valence-corrected chi connectivity index (χ0v) is 13.0. The van der Waals surface area contributed by atoms with Crippen molar-refractivity contribution in [2.45, 2.75) is 38.8 Å². The molecule has 0 aliphatic carbocycles. The number of carbonyl (C=O) groups excluding carboxylic acids is 1. The molecule has 118 valence electrons. The summed E-state index contributed by atoms with van der Waals surface area (Å²) >= 11 is 0. The lowest BCUT2D eigenvalue weighted by Crippen LogP contribution is -2.42. The van der Waals surface area contributed by atoms with Crippen LogP contribution < -0.4 is 16.4 Å². The Bertz CT molecular complexity index is 288. The van der Waals surface area contributed by atoms with Crippen LogP contribution in [0, 0.1) is 5.92 Å². The van der Waals surface area contributed by atoms with E-state index in [0.29, 0.717) is 18.5 Å². The fraction of sp³-hybridized carbons (Fsp3) is 0.929. The first kappa shape index (κ1) is 17.2. The van der Waals surface area contributed by atoms with Crippen molar-refractivity contribution in [2.75, 3.05) is 39.9 Å². The van der Waals surface area contributed by atoms with E-state index in [1.165, 1.54) is 0 Å². The summed E-state index contributed by atoms with van der Waals surface area (Å²) in [5.41, 5.74) is 5.72. The predicted molar refractivity (Wildman–Crippen MR) is 80.7 cm³/mol. The minimum atomic E-state index is -0.114. The Morgan fingerprint density at radius 3 is 2.90 bits per heavy atom. The standard InChI is InChI=1S/C14H30N4O2/c1-4-5-20-10-13-6-12(17-14(19)16-3)9-18(13)8-11(2)7-15/h11-13H,4-10,15H2,1-3H3,(H2,16,17,19)/t11-,12+,13-/m0/s1. The van der Waals surface area contributed by atoms with Crippen molar-refractivity contribution >= 4 is 6.03 Å². The van der Waals surface area contributed by atoms with Gasteiger partial charge in [0.05, 0.1) is 6.61 Å². The van der Waals surface area contributed by atoms with Gasteiger partial charge in [-0.05, 0) is 25.3 Å². The van der Waals surface area contributed by atoms with Gasteiger partial charge in [-0.25, -0.2) is 4.79 Å². The van der Waals surface area contributed by atoms with Crippen molar-refractivity contribution in [2.24, 2.45) is 11.7 Å². The molecule has 0 bridgehead atoms. The number of nitrogens with two attached hydrogens (primary N) is 1. The quantitative estimate of drug-likeness (QED) is 0.564. The number of carbonyl (C=O) groups is 1. The fourth-order valence-corrected chi connectivity index (χ4v) is 2.58. The normalized spacial score (nSPS) is 24.6. The molecule has 2 amide bonds. The molecule has 6 nitrogen and oxygen atoms in total. The van der Waals surface area contributed by atoms with Crippen LogP contribution in [0.25, 0.3) is 0 Å². The van der Waals surface area contributed by atoms with E-state index in [2.05, 4.69) is 29.4 Å². The SMILES string of the molecule is CCCOC[C@@H]1C[C@@H](NC(=O)NC)CN1C[C@@H](C)CN. The zero-order chi connectivity index (χ0) is 15.0.